The SMILES string of the molecule is CCCC1CC1NS(=O)(=O)c1cc(CO)n(CC)c1. The Morgan fingerprint density at radius 2 is 2.21 bits per heavy atom. The van der Waals surface area contributed by atoms with Crippen LogP contribution in [0.2, 0.25) is 0 Å². The summed E-state index contributed by atoms with van der Waals surface area (Å²) in [4.78, 5) is 0.251. The smallest absolute Gasteiger partial charge is 0.242 e. The van der Waals surface area contributed by atoms with Gasteiger partial charge >= 0.3 is 0 Å². The Balaban J connectivity index is 2.10. The van der Waals surface area contributed by atoms with Crippen LogP contribution in [0.1, 0.15) is 38.8 Å². The van der Waals surface area contributed by atoms with Gasteiger partial charge in [-0.05, 0) is 31.7 Å². The quantitative estimate of drug-likeness (QED) is 0.797. The highest BCUT2D eigenvalue weighted by molar-refractivity contribution is 7.89. The number of nitrogens with one attached hydrogen (secondary N) is 1. The predicted octanol–water partition coefficient (Wildman–Crippen LogP) is 1.47. The molecule has 0 amide bonds. The molecule has 0 bridgehead atoms. The topological polar surface area (TPSA) is 71.3 Å². The molecular formula is C13H22N2O3S. The molecule has 5 nitrogen and oxygen atoms in total. The first-order valence-corrected chi connectivity index (χ1v) is 8.32. The predicted molar refractivity (Wildman–Crippen MR) is 73.2 cm³/mol. The number of aromatic nitrogens is 1. The van der Waals surface area contributed by atoms with E-state index in [4.69, 9.17) is 0 Å². The van der Waals surface area contributed by atoms with E-state index in [1.165, 1.54) is 0 Å². The molecule has 1 aromatic rings. The molecule has 0 aromatic carbocycles. The summed E-state index contributed by atoms with van der Waals surface area (Å²) in [5, 5.41) is 9.20. The Labute approximate surface area is 114 Å². The molecule has 0 radical (unpaired) electrons. The van der Waals surface area contributed by atoms with E-state index in [0.29, 0.717) is 18.2 Å². The van der Waals surface area contributed by atoms with Gasteiger partial charge in [0.2, 0.25) is 10.0 Å². The second-order valence-electron chi connectivity index (χ2n) is 5.12. The van der Waals surface area contributed by atoms with Gasteiger partial charge in [0.15, 0.2) is 0 Å². The van der Waals surface area contributed by atoms with E-state index in [2.05, 4.69) is 11.6 Å². The third kappa shape index (κ3) is 3.19. The van der Waals surface area contributed by atoms with Crippen LogP contribution >= 0.6 is 0 Å². The minimum atomic E-state index is -3.45. The fourth-order valence-corrected chi connectivity index (χ4v) is 3.83. The molecule has 19 heavy (non-hydrogen) atoms. The second kappa shape index (κ2) is 5.64. The van der Waals surface area contributed by atoms with Gasteiger partial charge in [0.1, 0.15) is 0 Å². The molecule has 2 N–H and O–H groups in total. The molecule has 1 aromatic heterocycles. The number of sulfonamides is 1. The zero-order valence-electron chi connectivity index (χ0n) is 11.5. The van der Waals surface area contributed by atoms with Crippen LogP contribution in [0.4, 0.5) is 0 Å². The highest BCUT2D eigenvalue weighted by atomic mass is 32.2. The summed E-state index contributed by atoms with van der Waals surface area (Å²) >= 11 is 0. The lowest BCUT2D eigenvalue weighted by Crippen LogP contribution is -2.26. The molecular weight excluding hydrogens is 264 g/mol. The van der Waals surface area contributed by atoms with Gasteiger partial charge in [0.25, 0.3) is 0 Å². The van der Waals surface area contributed by atoms with Gasteiger partial charge in [-0.1, -0.05) is 13.3 Å². The number of aryl methyl sites for hydroxylation is 1. The number of rotatable bonds is 7. The van der Waals surface area contributed by atoms with Crippen LogP contribution in [-0.4, -0.2) is 24.1 Å². The van der Waals surface area contributed by atoms with Gasteiger partial charge in [-0.3, -0.25) is 0 Å². The first-order valence-electron chi connectivity index (χ1n) is 6.84. The average Bonchev–Trinajstić information content (AvgIpc) is 2.95. The summed E-state index contributed by atoms with van der Waals surface area (Å²) in [6.07, 6.45) is 4.69. The maximum atomic E-state index is 12.2. The Kier molecular flexibility index (Phi) is 4.32. The Hall–Kier alpha value is -0.850. The van der Waals surface area contributed by atoms with E-state index in [9.17, 15) is 13.5 Å². The molecule has 0 aliphatic heterocycles. The zero-order valence-corrected chi connectivity index (χ0v) is 12.3. The number of aliphatic hydroxyl groups is 1. The first-order chi connectivity index (χ1) is 9.01. The van der Waals surface area contributed by atoms with Gasteiger partial charge in [0.05, 0.1) is 11.5 Å². The summed E-state index contributed by atoms with van der Waals surface area (Å²) in [5.41, 5.74) is 0.629. The van der Waals surface area contributed by atoms with Crippen LogP contribution in [0, 0.1) is 5.92 Å². The summed E-state index contributed by atoms with van der Waals surface area (Å²) in [6.45, 7) is 4.53. The highest BCUT2D eigenvalue weighted by Crippen LogP contribution is 2.35. The van der Waals surface area contributed by atoms with Crippen molar-refractivity contribution in [3.63, 3.8) is 0 Å². The van der Waals surface area contributed by atoms with Crippen molar-refractivity contribution in [3.8, 4) is 0 Å². The van der Waals surface area contributed by atoms with Crippen molar-refractivity contribution in [2.45, 2.75) is 57.2 Å². The molecule has 1 heterocycles. The van der Waals surface area contributed by atoms with Crippen molar-refractivity contribution in [3.05, 3.63) is 18.0 Å². The number of hydrogen-bond donors (Lipinski definition) is 2. The summed E-state index contributed by atoms with van der Waals surface area (Å²) < 4.78 is 28.9. The molecule has 1 fully saturated rings. The van der Waals surface area contributed by atoms with Crippen LogP contribution < -0.4 is 4.72 Å². The molecule has 2 atom stereocenters. The normalized spacial score (nSPS) is 22.7. The van der Waals surface area contributed by atoms with Crippen molar-refractivity contribution < 1.29 is 13.5 Å². The molecule has 108 valence electrons. The van der Waals surface area contributed by atoms with Gasteiger partial charge in [-0.15, -0.1) is 0 Å². The Bertz CT molecular complexity index is 515. The summed E-state index contributed by atoms with van der Waals surface area (Å²) in [5.74, 6) is 0.491. The first kappa shape index (κ1) is 14.6. The van der Waals surface area contributed by atoms with Gasteiger partial charge in [-0.2, -0.15) is 0 Å². The largest absolute Gasteiger partial charge is 0.390 e. The molecule has 1 aliphatic rings. The summed E-state index contributed by atoms with van der Waals surface area (Å²) in [6, 6.07) is 1.63. The molecule has 0 saturated heterocycles. The van der Waals surface area contributed by atoms with E-state index in [1.54, 1.807) is 16.8 Å². The molecule has 0 spiro atoms. The van der Waals surface area contributed by atoms with Crippen LogP contribution in [0.3, 0.4) is 0 Å². The van der Waals surface area contributed by atoms with E-state index in [0.717, 1.165) is 19.3 Å². The molecule has 1 aliphatic carbocycles. The van der Waals surface area contributed by atoms with Crippen LogP contribution in [0.15, 0.2) is 17.2 Å². The molecule has 2 unspecified atom stereocenters. The third-order valence-corrected chi connectivity index (χ3v) is 5.12. The van der Waals surface area contributed by atoms with Crippen molar-refractivity contribution in [2.75, 3.05) is 0 Å². The summed E-state index contributed by atoms with van der Waals surface area (Å²) in [7, 11) is -3.45. The lowest BCUT2D eigenvalue weighted by molar-refractivity contribution is 0.271. The highest BCUT2D eigenvalue weighted by Gasteiger charge is 2.39. The van der Waals surface area contributed by atoms with E-state index >= 15 is 0 Å². The fourth-order valence-electron chi connectivity index (χ4n) is 2.45. The number of hydrogen-bond acceptors (Lipinski definition) is 3. The lowest BCUT2D eigenvalue weighted by atomic mass is 10.2. The molecule has 1 saturated carbocycles. The maximum absolute atomic E-state index is 12.2. The Morgan fingerprint density at radius 3 is 2.74 bits per heavy atom. The average molecular weight is 286 g/mol. The van der Waals surface area contributed by atoms with Crippen molar-refractivity contribution >= 4 is 10.0 Å². The van der Waals surface area contributed by atoms with Crippen molar-refractivity contribution in [2.24, 2.45) is 5.92 Å². The lowest BCUT2D eigenvalue weighted by Gasteiger charge is -2.04. The molecule has 2 rings (SSSR count). The van der Waals surface area contributed by atoms with Crippen LogP contribution in [0.25, 0.3) is 0 Å². The molecule has 6 heteroatoms. The van der Waals surface area contributed by atoms with Crippen molar-refractivity contribution in [1.29, 1.82) is 0 Å². The van der Waals surface area contributed by atoms with E-state index < -0.39 is 10.0 Å². The van der Waals surface area contributed by atoms with Gasteiger partial charge in [-0.25, -0.2) is 13.1 Å². The van der Waals surface area contributed by atoms with E-state index in [1.807, 2.05) is 6.92 Å². The van der Waals surface area contributed by atoms with Crippen LogP contribution in [-0.2, 0) is 23.2 Å². The Morgan fingerprint density at radius 1 is 1.47 bits per heavy atom. The monoisotopic (exact) mass is 286 g/mol. The standard InChI is InChI=1S/C13H22N2O3S/c1-3-5-10-6-13(10)14-19(17,18)12-7-11(9-16)15(4-2)8-12/h7-8,10,13-14,16H,3-6,9H2,1-2H3. The minimum Gasteiger partial charge on any atom is -0.390 e. The van der Waals surface area contributed by atoms with Crippen molar-refractivity contribution in [1.82, 2.24) is 9.29 Å². The van der Waals surface area contributed by atoms with E-state index in [-0.39, 0.29) is 17.5 Å². The number of aliphatic hydroxyl groups excluding tert-OH is 1. The zero-order chi connectivity index (χ0) is 14.0. The maximum Gasteiger partial charge on any atom is 0.242 e. The third-order valence-electron chi connectivity index (χ3n) is 3.66. The van der Waals surface area contributed by atoms with Gasteiger partial charge < -0.3 is 9.67 Å². The minimum absolute atomic E-state index is 0.0903. The van der Waals surface area contributed by atoms with Crippen LogP contribution in [0.5, 0.6) is 0 Å². The fraction of sp³-hybridized carbons (Fsp3) is 0.692. The number of nitrogens with zero attached hydrogens (tertiary/aromatic N) is 1. The second-order valence-corrected chi connectivity index (χ2v) is 6.84. The van der Waals surface area contributed by atoms with Gasteiger partial charge in [0, 0.05) is 24.5 Å².